The van der Waals surface area contributed by atoms with Crippen LogP contribution in [0.1, 0.15) is 16.1 Å². The summed E-state index contributed by atoms with van der Waals surface area (Å²) in [6.07, 6.45) is 1.40. The van der Waals surface area contributed by atoms with E-state index in [9.17, 15) is 9.59 Å². The Labute approximate surface area is 134 Å². The van der Waals surface area contributed by atoms with Crippen LogP contribution in [-0.2, 0) is 6.54 Å². The summed E-state index contributed by atoms with van der Waals surface area (Å²) in [6.45, 7) is 0.149. The highest BCUT2D eigenvalue weighted by Gasteiger charge is 2.07. The van der Waals surface area contributed by atoms with Gasteiger partial charge in [0.15, 0.2) is 0 Å². The van der Waals surface area contributed by atoms with Gasteiger partial charge in [0.1, 0.15) is 0 Å². The molecule has 7 heteroatoms. The first kappa shape index (κ1) is 15.2. The molecule has 2 amide bonds. The molecule has 0 aliphatic rings. The topological polar surface area (TPSA) is 91.3 Å². The van der Waals surface area contributed by atoms with Gasteiger partial charge in [-0.05, 0) is 46.9 Å². The maximum atomic E-state index is 11.8. The lowest BCUT2D eigenvalue weighted by Crippen LogP contribution is -2.28. The number of rotatable bonds is 4. The Morgan fingerprint density at radius 1 is 1.24 bits per heavy atom. The third kappa shape index (κ3) is 4.42. The van der Waals surface area contributed by atoms with Gasteiger partial charge in [-0.3, -0.25) is 4.98 Å². The number of nitrogens with zero attached hydrogens (tertiary/aromatic N) is 1. The Kier molecular flexibility index (Phi) is 5.09. The fraction of sp³-hybridized carbons (Fsp3) is 0.0714. The van der Waals surface area contributed by atoms with Gasteiger partial charge in [0.2, 0.25) is 0 Å². The predicted octanol–water partition coefficient (Wildman–Crippen LogP) is 2.71. The number of carboxylic acids is 1. The van der Waals surface area contributed by atoms with Crippen LogP contribution in [0.4, 0.5) is 10.5 Å². The molecular weight excluding hydrogens is 385 g/mol. The van der Waals surface area contributed by atoms with Crippen LogP contribution in [0.5, 0.6) is 0 Å². The van der Waals surface area contributed by atoms with E-state index in [0.29, 0.717) is 11.4 Å². The number of nitrogens with one attached hydrogen (secondary N) is 2. The highest BCUT2D eigenvalue weighted by molar-refractivity contribution is 14.1. The molecular formula is C14H12IN3O3. The molecule has 0 saturated carbocycles. The van der Waals surface area contributed by atoms with Crippen LogP contribution in [0.3, 0.4) is 0 Å². The van der Waals surface area contributed by atoms with Gasteiger partial charge in [-0.25, -0.2) is 9.59 Å². The number of hydrogen-bond acceptors (Lipinski definition) is 3. The van der Waals surface area contributed by atoms with E-state index in [1.807, 2.05) is 18.2 Å². The number of amides is 2. The van der Waals surface area contributed by atoms with E-state index in [1.54, 1.807) is 6.07 Å². The highest BCUT2D eigenvalue weighted by Crippen LogP contribution is 2.16. The number of pyridine rings is 1. The van der Waals surface area contributed by atoms with Gasteiger partial charge >= 0.3 is 12.0 Å². The van der Waals surface area contributed by atoms with Crippen molar-refractivity contribution in [3.63, 3.8) is 0 Å². The lowest BCUT2D eigenvalue weighted by atomic mass is 10.2. The first-order valence-electron chi connectivity index (χ1n) is 6.04. The van der Waals surface area contributed by atoms with Gasteiger partial charge in [0.25, 0.3) is 0 Å². The largest absolute Gasteiger partial charge is 0.478 e. The smallest absolute Gasteiger partial charge is 0.335 e. The van der Waals surface area contributed by atoms with Gasteiger partial charge in [0, 0.05) is 9.77 Å². The average Bonchev–Trinajstić information content (AvgIpc) is 2.48. The number of aromatic nitrogens is 1. The van der Waals surface area contributed by atoms with Crippen LogP contribution >= 0.6 is 22.6 Å². The number of aromatic carboxylic acids is 1. The molecule has 108 valence electrons. The first-order valence-corrected chi connectivity index (χ1v) is 7.12. The van der Waals surface area contributed by atoms with Crippen LogP contribution in [-0.4, -0.2) is 22.1 Å². The quantitative estimate of drug-likeness (QED) is 0.692. The lowest BCUT2D eigenvalue weighted by Gasteiger charge is -2.09. The minimum absolute atomic E-state index is 0.139. The zero-order valence-corrected chi connectivity index (χ0v) is 13.0. The summed E-state index contributed by atoms with van der Waals surface area (Å²) in [5.74, 6) is -1.03. The minimum atomic E-state index is -1.03. The SMILES string of the molecule is O=C(NCc1cc(C(=O)O)ccn1)Nc1ccccc1I. The Balaban J connectivity index is 1.94. The second-order valence-electron chi connectivity index (χ2n) is 4.13. The predicted molar refractivity (Wildman–Crippen MR) is 86.2 cm³/mol. The van der Waals surface area contributed by atoms with Crippen LogP contribution in [0.2, 0.25) is 0 Å². The van der Waals surface area contributed by atoms with E-state index in [2.05, 4.69) is 38.2 Å². The summed E-state index contributed by atoms with van der Waals surface area (Å²) < 4.78 is 0.927. The van der Waals surface area contributed by atoms with E-state index in [4.69, 9.17) is 5.11 Å². The van der Waals surface area contributed by atoms with Crippen LogP contribution < -0.4 is 10.6 Å². The zero-order chi connectivity index (χ0) is 15.2. The number of hydrogen-bond donors (Lipinski definition) is 3. The number of anilines is 1. The molecule has 3 N–H and O–H groups in total. The molecule has 1 aromatic carbocycles. The molecule has 1 heterocycles. The van der Waals surface area contributed by atoms with Crippen LogP contribution in [0.25, 0.3) is 0 Å². The van der Waals surface area contributed by atoms with E-state index in [1.165, 1.54) is 18.3 Å². The second kappa shape index (κ2) is 7.02. The number of para-hydroxylation sites is 1. The molecule has 0 radical (unpaired) electrons. The number of carboxylic acid groups (broad SMARTS) is 1. The normalized spacial score (nSPS) is 9.95. The van der Waals surface area contributed by atoms with E-state index < -0.39 is 5.97 Å². The summed E-state index contributed by atoms with van der Waals surface area (Å²) in [4.78, 5) is 26.6. The van der Waals surface area contributed by atoms with E-state index >= 15 is 0 Å². The molecule has 0 unspecified atom stereocenters. The number of carbonyl (C=O) groups is 2. The van der Waals surface area contributed by atoms with Gasteiger partial charge in [-0.2, -0.15) is 0 Å². The first-order chi connectivity index (χ1) is 10.1. The summed E-state index contributed by atoms with van der Waals surface area (Å²) >= 11 is 2.13. The van der Waals surface area contributed by atoms with Crippen LogP contribution in [0.15, 0.2) is 42.6 Å². The molecule has 1 aromatic heterocycles. The molecule has 21 heavy (non-hydrogen) atoms. The molecule has 0 atom stereocenters. The lowest BCUT2D eigenvalue weighted by molar-refractivity contribution is 0.0696. The molecule has 0 spiro atoms. The molecule has 2 aromatic rings. The minimum Gasteiger partial charge on any atom is -0.478 e. The summed E-state index contributed by atoms with van der Waals surface area (Å²) in [5.41, 5.74) is 1.33. The molecule has 0 aliphatic heterocycles. The van der Waals surface area contributed by atoms with Crippen molar-refractivity contribution in [1.82, 2.24) is 10.3 Å². The molecule has 0 fully saturated rings. The molecule has 0 saturated heterocycles. The van der Waals surface area contributed by atoms with Crippen molar-refractivity contribution in [2.45, 2.75) is 6.54 Å². The van der Waals surface area contributed by atoms with Crippen molar-refractivity contribution in [3.05, 3.63) is 57.4 Å². The van der Waals surface area contributed by atoms with Crippen LogP contribution in [0, 0.1) is 3.57 Å². The van der Waals surface area contributed by atoms with Gasteiger partial charge < -0.3 is 15.7 Å². The molecule has 6 nitrogen and oxygen atoms in total. The van der Waals surface area contributed by atoms with Crippen molar-refractivity contribution in [2.24, 2.45) is 0 Å². The number of halogens is 1. The number of benzene rings is 1. The Morgan fingerprint density at radius 2 is 2.00 bits per heavy atom. The number of urea groups is 1. The maximum Gasteiger partial charge on any atom is 0.335 e. The summed E-state index contributed by atoms with van der Waals surface area (Å²) in [7, 11) is 0. The zero-order valence-electron chi connectivity index (χ0n) is 10.8. The molecule has 0 aliphatic carbocycles. The van der Waals surface area contributed by atoms with Gasteiger partial charge in [-0.15, -0.1) is 0 Å². The van der Waals surface area contributed by atoms with Crippen molar-refractivity contribution in [2.75, 3.05) is 5.32 Å². The van der Waals surface area contributed by atoms with Crippen molar-refractivity contribution in [1.29, 1.82) is 0 Å². The Hall–Kier alpha value is -2.16. The Bertz CT molecular complexity index is 676. The van der Waals surface area contributed by atoms with E-state index in [0.717, 1.165) is 3.57 Å². The third-order valence-electron chi connectivity index (χ3n) is 2.62. The average molecular weight is 397 g/mol. The van der Waals surface area contributed by atoms with Gasteiger partial charge in [0.05, 0.1) is 23.5 Å². The van der Waals surface area contributed by atoms with Crippen molar-refractivity contribution < 1.29 is 14.7 Å². The fourth-order valence-corrected chi connectivity index (χ4v) is 2.13. The van der Waals surface area contributed by atoms with Crippen molar-refractivity contribution in [3.8, 4) is 0 Å². The monoisotopic (exact) mass is 397 g/mol. The maximum absolute atomic E-state index is 11.8. The third-order valence-corrected chi connectivity index (χ3v) is 3.56. The molecule has 0 bridgehead atoms. The highest BCUT2D eigenvalue weighted by atomic mass is 127. The number of carbonyl (C=O) groups excluding carboxylic acids is 1. The standard InChI is InChI=1S/C14H12IN3O3/c15-11-3-1-2-4-12(11)18-14(21)17-8-10-7-9(13(19)20)5-6-16-10/h1-7H,8H2,(H,19,20)(H2,17,18,21). The van der Waals surface area contributed by atoms with Crippen molar-refractivity contribution >= 4 is 40.3 Å². The Morgan fingerprint density at radius 3 is 2.71 bits per heavy atom. The summed E-state index contributed by atoms with van der Waals surface area (Å²) in [6, 6.07) is 9.84. The van der Waals surface area contributed by atoms with Gasteiger partial charge in [-0.1, -0.05) is 12.1 Å². The second-order valence-corrected chi connectivity index (χ2v) is 5.29. The van der Waals surface area contributed by atoms with E-state index in [-0.39, 0.29) is 18.1 Å². The molecule has 2 rings (SSSR count). The summed E-state index contributed by atoms with van der Waals surface area (Å²) in [5, 5.41) is 14.2. The fourth-order valence-electron chi connectivity index (χ4n) is 1.61.